The van der Waals surface area contributed by atoms with Crippen LogP contribution in [-0.2, 0) is 4.79 Å². The summed E-state index contributed by atoms with van der Waals surface area (Å²) < 4.78 is 5.14. The van der Waals surface area contributed by atoms with Gasteiger partial charge in [0.05, 0.1) is 7.11 Å². The van der Waals surface area contributed by atoms with Crippen LogP contribution in [0, 0.1) is 0 Å². The SMILES string of the molecule is COc1ccccc1C(NC(=O)Nc1ccc(Cl)cc1)C(=O)O. The molecule has 0 fully saturated rings. The molecule has 0 radical (unpaired) electrons. The van der Waals surface area contributed by atoms with E-state index < -0.39 is 18.0 Å². The van der Waals surface area contributed by atoms with E-state index in [9.17, 15) is 14.7 Å². The number of benzene rings is 2. The Hall–Kier alpha value is -2.73. The number of carboxylic acid groups (broad SMARTS) is 1. The molecule has 2 amide bonds. The Morgan fingerprint density at radius 3 is 2.39 bits per heavy atom. The lowest BCUT2D eigenvalue weighted by molar-refractivity contribution is -0.139. The smallest absolute Gasteiger partial charge is 0.331 e. The first-order chi connectivity index (χ1) is 11.0. The zero-order valence-electron chi connectivity index (χ0n) is 12.2. The van der Waals surface area contributed by atoms with Crippen molar-refractivity contribution in [1.29, 1.82) is 0 Å². The Balaban J connectivity index is 2.14. The highest BCUT2D eigenvalue weighted by Crippen LogP contribution is 2.25. The van der Waals surface area contributed by atoms with Crippen LogP contribution in [-0.4, -0.2) is 24.2 Å². The van der Waals surface area contributed by atoms with Crippen LogP contribution in [0.1, 0.15) is 11.6 Å². The number of carbonyl (C=O) groups is 2. The van der Waals surface area contributed by atoms with Crippen LogP contribution in [0.15, 0.2) is 48.5 Å². The molecule has 0 bridgehead atoms. The van der Waals surface area contributed by atoms with Crippen LogP contribution in [0.5, 0.6) is 5.75 Å². The number of urea groups is 1. The van der Waals surface area contributed by atoms with Gasteiger partial charge in [0.25, 0.3) is 0 Å². The maximum absolute atomic E-state index is 12.0. The molecule has 3 N–H and O–H groups in total. The van der Waals surface area contributed by atoms with Crippen molar-refractivity contribution in [2.75, 3.05) is 12.4 Å². The van der Waals surface area contributed by atoms with Gasteiger partial charge in [-0.15, -0.1) is 0 Å². The predicted octanol–water partition coefficient (Wildman–Crippen LogP) is 3.30. The molecule has 0 aliphatic carbocycles. The summed E-state index contributed by atoms with van der Waals surface area (Å²) in [5.41, 5.74) is 0.852. The van der Waals surface area contributed by atoms with Gasteiger partial charge < -0.3 is 20.5 Å². The highest BCUT2D eigenvalue weighted by molar-refractivity contribution is 6.30. The maximum Gasteiger partial charge on any atom is 0.331 e. The van der Waals surface area contributed by atoms with Gasteiger partial charge in [0, 0.05) is 16.3 Å². The number of carboxylic acids is 1. The minimum absolute atomic E-state index is 0.355. The molecule has 0 aliphatic heterocycles. The molecular weight excluding hydrogens is 320 g/mol. The molecule has 2 aromatic rings. The molecular formula is C16H15ClN2O4. The lowest BCUT2D eigenvalue weighted by Crippen LogP contribution is -2.36. The molecule has 0 spiro atoms. The molecule has 23 heavy (non-hydrogen) atoms. The minimum atomic E-state index is -1.24. The fourth-order valence-electron chi connectivity index (χ4n) is 2.01. The number of nitrogens with one attached hydrogen (secondary N) is 2. The van der Waals surface area contributed by atoms with Crippen molar-refractivity contribution in [3.05, 3.63) is 59.1 Å². The fourth-order valence-corrected chi connectivity index (χ4v) is 2.13. The molecule has 7 heteroatoms. The Morgan fingerprint density at radius 1 is 1.13 bits per heavy atom. The number of aliphatic carboxylic acids is 1. The van der Waals surface area contributed by atoms with Crippen molar-refractivity contribution in [2.45, 2.75) is 6.04 Å². The van der Waals surface area contributed by atoms with Gasteiger partial charge >= 0.3 is 12.0 Å². The number of para-hydroxylation sites is 1. The molecule has 1 unspecified atom stereocenters. The summed E-state index contributed by atoms with van der Waals surface area (Å²) >= 11 is 5.77. The number of hydrogen-bond donors (Lipinski definition) is 3. The van der Waals surface area contributed by atoms with Gasteiger partial charge in [-0.2, -0.15) is 0 Å². The number of ether oxygens (including phenoxy) is 1. The normalized spacial score (nSPS) is 11.4. The maximum atomic E-state index is 12.0. The molecule has 0 aliphatic rings. The zero-order chi connectivity index (χ0) is 16.8. The fraction of sp³-hybridized carbons (Fsp3) is 0.125. The third-order valence-corrected chi connectivity index (χ3v) is 3.33. The number of rotatable bonds is 5. The standard InChI is InChI=1S/C16H15ClN2O4/c1-23-13-5-3-2-4-12(13)14(15(20)21)19-16(22)18-11-8-6-10(17)7-9-11/h2-9,14H,1H3,(H,20,21)(H2,18,19,22). The van der Waals surface area contributed by atoms with Crippen molar-refractivity contribution in [3.8, 4) is 5.75 Å². The third kappa shape index (κ3) is 4.37. The van der Waals surface area contributed by atoms with Crippen molar-refractivity contribution in [1.82, 2.24) is 5.32 Å². The number of anilines is 1. The summed E-state index contributed by atoms with van der Waals surface area (Å²) in [6.07, 6.45) is 0. The van der Waals surface area contributed by atoms with E-state index in [0.29, 0.717) is 22.0 Å². The molecule has 0 aromatic heterocycles. The number of carbonyl (C=O) groups excluding carboxylic acids is 1. The molecule has 6 nitrogen and oxygen atoms in total. The second kappa shape index (κ2) is 7.51. The lowest BCUT2D eigenvalue weighted by atomic mass is 10.1. The van der Waals surface area contributed by atoms with Gasteiger partial charge in [-0.1, -0.05) is 29.8 Å². The summed E-state index contributed by atoms with van der Waals surface area (Å²) in [7, 11) is 1.44. The van der Waals surface area contributed by atoms with Crippen LogP contribution >= 0.6 is 11.6 Å². The van der Waals surface area contributed by atoms with Gasteiger partial charge in [-0.05, 0) is 30.3 Å². The zero-order valence-corrected chi connectivity index (χ0v) is 13.0. The monoisotopic (exact) mass is 334 g/mol. The van der Waals surface area contributed by atoms with Crippen molar-refractivity contribution >= 4 is 29.3 Å². The van der Waals surface area contributed by atoms with E-state index >= 15 is 0 Å². The number of methoxy groups -OCH3 is 1. The van der Waals surface area contributed by atoms with E-state index in [0.717, 1.165) is 0 Å². The largest absolute Gasteiger partial charge is 0.496 e. The van der Waals surface area contributed by atoms with E-state index in [2.05, 4.69) is 10.6 Å². The molecule has 0 saturated heterocycles. The molecule has 2 aromatic carbocycles. The van der Waals surface area contributed by atoms with Gasteiger partial charge in [0.1, 0.15) is 5.75 Å². The van der Waals surface area contributed by atoms with E-state index in [1.807, 2.05) is 0 Å². The topological polar surface area (TPSA) is 87.7 Å². The molecule has 120 valence electrons. The second-order valence-electron chi connectivity index (χ2n) is 4.62. The van der Waals surface area contributed by atoms with Gasteiger partial charge in [0.2, 0.25) is 0 Å². The summed E-state index contributed by atoms with van der Waals surface area (Å²) in [6, 6.07) is 11.2. The number of halogens is 1. The minimum Gasteiger partial charge on any atom is -0.496 e. The predicted molar refractivity (Wildman–Crippen MR) is 87.0 cm³/mol. The summed E-state index contributed by atoms with van der Waals surface area (Å²) in [4.78, 5) is 23.5. The van der Waals surface area contributed by atoms with Crippen molar-refractivity contribution < 1.29 is 19.4 Å². The quantitative estimate of drug-likeness (QED) is 0.783. The number of hydrogen-bond acceptors (Lipinski definition) is 3. The van der Waals surface area contributed by atoms with E-state index in [1.54, 1.807) is 48.5 Å². The average molecular weight is 335 g/mol. The van der Waals surface area contributed by atoms with Crippen LogP contribution in [0.3, 0.4) is 0 Å². The second-order valence-corrected chi connectivity index (χ2v) is 5.05. The summed E-state index contributed by atoms with van der Waals surface area (Å²) in [5, 5.41) is 14.9. The Labute approximate surface area is 138 Å². The molecule has 0 heterocycles. The van der Waals surface area contributed by atoms with Crippen LogP contribution in [0.25, 0.3) is 0 Å². The average Bonchev–Trinajstić information content (AvgIpc) is 2.54. The summed E-state index contributed by atoms with van der Waals surface area (Å²) in [6.45, 7) is 0. The highest BCUT2D eigenvalue weighted by atomic mass is 35.5. The van der Waals surface area contributed by atoms with Gasteiger partial charge in [-0.25, -0.2) is 9.59 Å². The third-order valence-electron chi connectivity index (χ3n) is 3.07. The van der Waals surface area contributed by atoms with E-state index in [-0.39, 0.29) is 0 Å². The van der Waals surface area contributed by atoms with Crippen LogP contribution in [0.2, 0.25) is 5.02 Å². The van der Waals surface area contributed by atoms with Crippen molar-refractivity contribution in [2.24, 2.45) is 0 Å². The van der Waals surface area contributed by atoms with Gasteiger partial charge in [-0.3, -0.25) is 0 Å². The number of amides is 2. The first-order valence-electron chi connectivity index (χ1n) is 6.70. The van der Waals surface area contributed by atoms with Crippen LogP contribution in [0.4, 0.5) is 10.5 Å². The van der Waals surface area contributed by atoms with Crippen LogP contribution < -0.4 is 15.4 Å². The molecule has 1 atom stereocenters. The first kappa shape index (κ1) is 16.6. The molecule has 2 rings (SSSR count). The van der Waals surface area contributed by atoms with Gasteiger partial charge in [0.15, 0.2) is 6.04 Å². The first-order valence-corrected chi connectivity index (χ1v) is 7.08. The van der Waals surface area contributed by atoms with E-state index in [4.69, 9.17) is 16.3 Å². The van der Waals surface area contributed by atoms with E-state index in [1.165, 1.54) is 7.11 Å². The lowest BCUT2D eigenvalue weighted by Gasteiger charge is -2.18. The Morgan fingerprint density at radius 2 is 1.78 bits per heavy atom. The highest BCUT2D eigenvalue weighted by Gasteiger charge is 2.25. The Bertz CT molecular complexity index is 703. The molecule has 0 saturated carbocycles. The van der Waals surface area contributed by atoms with Crippen molar-refractivity contribution in [3.63, 3.8) is 0 Å². The summed E-state index contributed by atoms with van der Waals surface area (Å²) in [5.74, 6) is -0.813. The Kier molecular flexibility index (Phi) is 5.43.